The molecule has 0 spiro atoms. The summed E-state index contributed by atoms with van der Waals surface area (Å²) in [6, 6.07) is -1.17. The molecule has 6 nitrogen and oxygen atoms in total. The standard InChI is InChI=1S/C13H24N2O4/c1-8(2)6-11(12(16)17)15-13(18)14-9-4-5-10(7-9)19-3/h8-11H,4-7H2,1-3H3,(H,16,17)(H2,14,15,18)/t9?,10?,11-/m0/s1. The lowest BCUT2D eigenvalue weighted by atomic mass is 10.0. The molecule has 0 aromatic heterocycles. The summed E-state index contributed by atoms with van der Waals surface area (Å²) in [7, 11) is 1.66. The zero-order chi connectivity index (χ0) is 14.4. The van der Waals surface area contributed by atoms with Crippen molar-refractivity contribution in [2.75, 3.05) is 7.11 Å². The van der Waals surface area contributed by atoms with Gasteiger partial charge in [0.05, 0.1) is 6.10 Å². The van der Waals surface area contributed by atoms with Crippen LogP contribution >= 0.6 is 0 Å². The summed E-state index contributed by atoms with van der Waals surface area (Å²) in [5.74, 6) is -0.782. The van der Waals surface area contributed by atoms with E-state index in [0.717, 1.165) is 19.3 Å². The molecule has 0 aromatic rings. The molecule has 1 aliphatic carbocycles. The van der Waals surface area contributed by atoms with Gasteiger partial charge in [0.1, 0.15) is 6.04 Å². The van der Waals surface area contributed by atoms with Gasteiger partial charge in [-0.2, -0.15) is 0 Å². The first-order chi connectivity index (χ1) is 8.92. The molecular formula is C13H24N2O4. The Morgan fingerprint density at radius 3 is 2.53 bits per heavy atom. The Morgan fingerprint density at radius 1 is 1.37 bits per heavy atom. The highest BCUT2D eigenvalue weighted by atomic mass is 16.5. The molecule has 1 fully saturated rings. The number of rotatable bonds is 6. The molecule has 1 saturated carbocycles. The molecule has 3 N–H and O–H groups in total. The molecule has 0 heterocycles. The van der Waals surface area contributed by atoms with Gasteiger partial charge in [0, 0.05) is 13.2 Å². The highest BCUT2D eigenvalue weighted by Gasteiger charge is 2.27. The number of nitrogens with one attached hydrogen (secondary N) is 2. The van der Waals surface area contributed by atoms with Gasteiger partial charge in [0.25, 0.3) is 0 Å². The van der Waals surface area contributed by atoms with E-state index < -0.39 is 18.0 Å². The number of carboxylic acid groups (broad SMARTS) is 1. The van der Waals surface area contributed by atoms with Crippen LogP contribution in [0.4, 0.5) is 4.79 Å². The van der Waals surface area contributed by atoms with Crippen molar-refractivity contribution in [1.82, 2.24) is 10.6 Å². The Labute approximate surface area is 113 Å². The lowest BCUT2D eigenvalue weighted by molar-refractivity contribution is -0.139. The maximum atomic E-state index is 11.8. The van der Waals surface area contributed by atoms with Crippen LogP contribution in [0.2, 0.25) is 0 Å². The number of carbonyl (C=O) groups excluding carboxylic acids is 1. The fraction of sp³-hybridized carbons (Fsp3) is 0.846. The zero-order valence-electron chi connectivity index (χ0n) is 11.8. The Hall–Kier alpha value is -1.30. The van der Waals surface area contributed by atoms with Crippen molar-refractivity contribution in [2.24, 2.45) is 5.92 Å². The molecule has 0 aliphatic heterocycles. The van der Waals surface area contributed by atoms with Crippen LogP contribution in [0.15, 0.2) is 0 Å². The number of hydrogen-bond acceptors (Lipinski definition) is 3. The highest BCUT2D eigenvalue weighted by molar-refractivity contribution is 5.82. The van der Waals surface area contributed by atoms with E-state index >= 15 is 0 Å². The van der Waals surface area contributed by atoms with Gasteiger partial charge in [-0.25, -0.2) is 9.59 Å². The highest BCUT2D eigenvalue weighted by Crippen LogP contribution is 2.21. The second kappa shape index (κ2) is 7.33. The van der Waals surface area contributed by atoms with Crippen LogP contribution in [0.1, 0.15) is 39.5 Å². The van der Waals surface area contributed by atoms with Crippen molar-refractivity contribution in [3.63, 3.8) is 0 Å². The van der Waals surface area contributed by atoms with E-state index in [0.29, 0.717) is 6.42 Å². The third-order valence-corrected chi connectivity index (χ3v) is 3.36. The number of carbonyl (C=O) groups is 2. The number of hydrogen-bond donors (Lipinski definition) is 3. The third kappa shape index (κ3) is 5.46. The van der Waals surface area contributed by atoms with Crippen LogP contribution < -0.4 is 10.6 Å². The normalized spacial score (nSPS) is 24.2. The second-order valence-electron chi connectivity index (χ2n) is 5.51. The monoisotopic (exact) mass is 272 g/mol. The Balaban J connectivity index is 2.38. The van der Waals surface area contributed by atoms with E-state index in [1.165, 1.54) is 0 Å². The molecule has 3 atom stereocenters. The number of urea groups is 1. The van der Waals surface area contributed by atoms with Gasteiger partial charge in [-0.3, -0.25) is 0 Å². The molecule has 0 saturated heterocycles. The smallest absolute Gasteiger partial charge is 0.326 e. The second-order valence-corrected chi connectivity index (χ2v) is 5.51. The van der Waals surface area contributed by atoms with Crippen LogP contribution in [-0.2, 0) is 9.53 Å². The summed E-state index contributed by atoms with van der Waals surface area (Å²) in [5.41, 5.74) is 0. The molecular weight excluding hydrogens is 248 g/mol. The fourth-order valence-electron chi connectivity index (χ4n) is 2.36. The molecule has 6 heteroatoms. The molecule has 0 aromatic carbocycles. The lowest BCUT2D eigenvalue weighted by Crippen LogP contribution is -2.49. The van der Waals surface area contributed by atoms with Crippen LogP contribution in [-0.4, -0.2) is 42.4 Å². The number of carboxylic acids is 1. The van der Waals surface area contributed by atoms with E-state index in [2.05, 4.69) is 10.6 Å². The number of aliphatic carboxylic acids is 1. The summed E-state index contributed by atoms with van der Waals surface area (Å²) in [4.78, 5) is 22.8. The summed E-state index contributed by atoms with van der Waals surface area (Å²) >= 11 is 0. The molecule has 0 bridgehead atoms. The van der Waals surface area contributed by atoms with E-state index in [-0.39, 0.29) is 18.1 Å². The van der Waals surface area contributed by atoms with Crippen LogP contribution in [0.25, 0.3) is 0 Å². The fourth-order valence-corrected chi connectivity index (χ4v) is 2.36. The molecule has 0 radical (unpaired) electrons. The average molecular weight is 272 g/mol. The largest absolute Gasteiger partial charge is 0.480 e. The minimum atomic E-state index is -0.995. The van der Waals surface area contributed by atoms with Crippen LogP contribution in [0.3, 0.4) is 0 Å². The third-order valence-electron chi connectivity index (χ3n) is 3.36. The zero-order valence-corrected chi connectivity index (χ0v) is 11.8. The Bertz CT molecular complexity index is 320. The average Bonchev–Trinajstić information content (AvgIpc) is 2.75. The van der Waals surface area contributed by atoms with Gasteiger partial charge in [0.15, 0.2) is 0 Å². The van der Waals surface area contributed by atoms with Crippen molar-refractivity contribution >= 4 is 12.0 Å². The van der Waals surface area contributed by atoms with Gasteiger partial charge in [-0.05, 0) is 31.6 Å². The van der Waals surface area contributed by atoms with Crippen LogP contribution in [0.5, 0.6) is 0 Å². The van der Waals surface area contributed by atoms with Gasteiger partial charge >= 0.3 is 12.0 Å². The quantitative estimate of drug-likeness (QED) is 0.681. The lowest BCUT2D eigenvalue weighted by Gasteiger charge is -2.19. The minimum Gasteiger partial charge on any atom is -0.480 e. The molecule has 2 amide bonds. The van der Waals surface area contributed by atoms with Crippen molar-refractivity contribution in [2.45, 2.75) is 57.7 Å². The number of methoxy groups -OCH3 is 1. The van der Waals surface area contributed by atoms with Gasteiger partial charge < -0.3 is 20.5 Å². The van der Waals surface area contributed by atoms with E-state index in [1.54, 1.807) is 7.11 Å². The van der Waals surface area contributed by atoms with E-state index in [9.17, 15) is 9.59 Å². The Kier molecular flexibility index (Phi) is 6.08. The van der Waals surface area contributed by atoms with Crippen LogP contribution in [0, 0.1) is 5.92 Å². The predicted octanol–water partition coefficient (Wildman–Crippen LogP) is 1.35. The van der Waals surface area contributed by atoms with E-state index in [4.69, 9.17) is 9.84 Å². The molecule has 110 valence electrons. The summed E-state index contributed by atoms with van der Waals surface area (Å²) in [5, 5.41) is 14.4. The maximum Gasteiger partial charge on any atom is 0.326 e. The summed E-state index contributed by atoms with van der Waals surface area (Å²) in [6.45, 7) is 3.85. The first-order valence-electron chi connectivity index (χ1n) is 6.75. The number of amides is 2. The van der Waals surface area contributed by atoms with Gasteiger partial charge in [0.2, 0.25) is 0 Å². The van der Waals surface area contributed by atoms with Crippen molar-refractivity contribution in [3.8, 4) is 0 Å². The first-order valence-corrected chi connectivity index (χ1v) is 6.75. The minimum absolute atomic E-state index is 0.0680. The molecule has 1 aliphatic rings. The summed E-state index contributed by atoms with van der Waals surface area (Å²) < 4.78 is 5.23. The topological polar surface area (TPSA) is 87.7 Å². The van der Waals surface area contributed by atoms with Crippen molar-refractivity contribution in [3.05, 3.63) is 0 Å². The van der Waals surface area contributed by atoms with E-state index in [1.807, 2.05) is 13.8 Å². The summed E-state index contributed by atoms with van der Waals surface area (Å²) in [6.07, 6.45) is 3.19. The van der Waals surface area contributed by atoms with Gasteiger partial charge in [-0.15, -0.1) is 0 Å². The Morgan fingerprint density at radius 2 is 2.05 bits per heavy atom. The SMILES string of the molecule is COC1CCC(NC(=O)N[C@@H](CC(C)C)C(=O)O)C1. The first kappa shape index (κ1) is 15.8. The molecule has 2 unspecified atom stereocenters. The predicted molar refractivity (Wildman–Crippen MR) is 71.0 cm³/mol. The maximum absolute atomic E-state index is 11.8. The van der Waals surface area contributed by atoms with Crippen molar-refractivity contribution < 1.29 is 19.4 Å². The van der Waals surface area contributed by atoms with Crippen molar-refractivity contribution in [1.29, 1.82) is 0 Å². The van der Waals surface area contributed by atoms with Gasteiger partial charge in [-0.1, -0.05) is 13.8 Å². The molecule has 1 rings (SSSR count). The number of ether oxygens (including phenoxy) is 1. The molecule has 19 heavy (non-hydrogen) atoms.